The van der Waals surface area contributed by atoms with Gasteiger partial charge in [-0.05, 0) is 36.8 Å². The van der Waals surface area contributed by atoms with E-state index in [-0.39, 0.29) is 25.2 Å². The van der Waals surface area contributed by atoms with Crippen LogP contribution in [-0.4, -0.2) is 46.7 Å². The Labute approximate surface area is 147 Å². The molecule has 1 N–H and O–H groups in total. The number of benzene rings is 1. The highest BCUT2D eigenvalue weighted by Crippen LogP contribution is 2.21. The molecule has 0 radical (unpaired) electrons. The van der Waals surface area contributed by atoms with Crippen molar-refractivity contribution in [2.45, 2.75) is 26.1 Å². The number of aliphatic hydroxyl groups is 1. The molecule has 0 saturated carbocycles. The van der Waals surface area contributed by atoms with Crippen LogP contribution >= 0.6 is 0 Å². The summed E-state index contributed by atoms with van der Waals surface area (Å²) in [5, 5.41) is 9.02. The van der Waals surface area contributed by atoms with Gasteiger partial charge >= 0.3 is 0 Å². The van der Waals surface area contributed by atoms with E-state index in [1.54, 1.807) is 35.4 Å². The number of carbonyl (C=O) groups is 1. The van der Waals surface area contributed by atoms with Crippen LogP contribution < -0.4 is 9.47 Å². The van der Waals surface area contributed by atoms with Crippen molar-refractivity contribution in [3.8, 4) is 11.5 Å². The molecule has 1 aliphatic rings. The molecule has 1 saturated heterocycles. The maximum absolute atomic E-state index is 12.3. The highest BCUT2D eigenvalue weighted by molar-refractivity contribution is 5.78. The maximum atomic E-state index is 12.3. The Morgan fingerprint density at radius 2 is 2.12 bits per heavy atom. The third kappa shape index (κ3) is 4.48. The molecule has 1 fully saturated rings. The van der Waals surface area contributed by atoms with Crippen molar-refractivity contribution in [1.29, 1.82) is 0 Å². The summed E-state index contributed by atoms with van der Waals surface area (Å²) in [4.78, 5) is 18.3. The van der Waals surface area contributed by atoms with Crippen LogP contribution in [0.1, 0.15) is 17.7 Å². The fourth-order valence-electron chi connectivity index (χ4n) is 2.75. The van der Waals surface area contributed by atoms with E-state index in [0.717, 1.165) is 23.4 Å². The molecule has 1 unspecified atom stereocenters. The lowest BCUT2D eigenvalue weighted by molar-refractivity contribution is -0.132. The second kappa shape index (κ2) is 7.98. The van der Waals surface area contributed by atoms with Crippen LogP contribution in [0.4, 0.5) is 0 Å². The normalized spacial score (nSPS) is 16.7. The number of hydrogen-bond acceptors (Lipinski definition) is 5. The van der Waals surface area contributed by atoms with Crippen LogP contribution in [0.3, 0.4) is 0 Å². The lowest BCUT2D eigenvalue weighted by Crippen LogP contribution is -2.34. The van der Waals surface area contributed by atoms with Gasteiger partial charge in [0, 0.05) is 19.2 Å². The van der Waals surface area contributed by atoms with E-state index in [1.165, 1.54) is 0 Å². The molecule has 6 nitrogen and oxygen atoms in total. The van der Waals surface area contributed by atoms with Gasteiger partial charge < -0.3 is 19.5 Å². The molecular weight excluding hydrogens is 320 g/mol. The van der Waals surface area contributed by atoms with Crippen LogP contribution in [0.25, 0.3) is 0 Å². The molecule has 1 amide bonds. The monoisotopic (exact) mass is 342 g/mol. The maximum Gasteiger partial charge on any atom is 0.260 e. The van der Waals surface area contributed by atoms with Crippen molar-refractivity contribution in [3.63, 3.8) is 0 Å². The summed E-state index contributed by atoms with van der Waals surface area (Å²) in [5.74, 6) is 1.32. The van der Waals surface area contributed by atoms with E-state index < -0.39 is 0 Å². The minimum Gasteiger partial charge on any atom is -0.487 e. The van der Waals surface area contributed by atoms with Gasteiger partial charge in [0.1, 0.15) is 17.6 Å². The summed E-state index contributed by atoms with van der Waals surface area (Å²) in [6.45, 7) is 3.11. The van der Waals surface area contributed by atoms with Crippen molar-refractivity contribution in [2.75, 3.05) is 19.7 Å². The number of rotatable bonds is 6. The molecule has 6 heteroatoms. The van der Waals surface area contributed by atoms with Crippen molar-refractivity contribution in [2.24, 2.45) is 0 Å². The zero-order valence-electron chi connectivity index (χ0n) is 14.2. The molecule has 3 rings (SSSR count). The Morgan fingerprint density at radius 1 is 1.32 bits per heavy atom. The van der Waals surface area contributed by atoms with E-state index >= 15 is 0 Å². The molecule has 1 atom stereocenters. The molecule has 132 valence electrons. The zero-order valence-corrected chi connectivity index (χ0v) is 14.2. The third-order valence-electron chi connectivity index (χ3n) is 4.22. The van der Waals surface area contributed by atoms with E-state index in [0.29, 0.717) is 18.8 Å². The Balaban J connectivity index is 1.48. The minimum absolute atomic E-state index is 0.00287. The molecule has 1 aliphatic heterocycles. The molecule has 25 heavy (non-hydrogen) atoms. The van der Waals surface area contributed by atoms with Crippen molar-refractivity contribution < 1.29 is 19.4 Å². The number of aromatic nitrogens is 1. The van der Waals surface area contributed by atoms with Gasteiger partial charge in [0.05, 0.1) is 18.8 Å². The van der Waals surface area contributed by atoms with E-state index in [9.17, 15) is 4.79 Å². The summed E-state index contributed by atoms with van der Waals surface area (Å²) in [7, 11) is 0. The number of carbonyl (C=O) groups excluding carboxylic acids is 1. The molecule has 1 aromatic carbocycles. The molecule has 2 aromatic rings. The molecule has 0 bridgehead atoms. The lowest BCUT2D eigenvalue weighted by atomic mass is 10.2. The predicted octanol–water partition coefficient (Wildman–Crippen LogP) is 1.94. The number of aryl methyl sites for hydroxylation is 1. The Morgan fingerprint density at radius 3 is 2.84 bits per heavy atom. The van der Waals surface area contributed by atoms with E-state index in [4.69, 9.17) is 14.6 Å². The second-order valence-corrected chi connectivity index (χ2v) is 6.05. The van der Waals surface area contributed by atoms with Gasteiger partial charge in [-0.1, -0.05) is 12.1 Å². The quantitative estimate of drug-likeness (QED) is 0.869. The van der Waals surface area contributed by atoms with Crippen LogP contribution in [-0.2, 0) is 11.4 Å². The number of aliphatic hydroxyl groups excluding tert-OH is 1. The number of pyridine rings is 1. The summed E-state index contributed by atoms with van der Waals surface area (Å²) in [5.41, 5.74) is 1.66. The number of hydrogen-bond donors (Lipinski definition) is 1. The number of ether oxygens (including phenoxy) is 2. The van der Waals surface area contributed by atoms with Crippen LogP contribution in [0.5, 0.6) is 11.5 Å². The third-order valence-corrected chi connectivity index (χ3v) is 4.22. The van der Waals surface area contributed by atoms with Crippen LogP contribution in [0.2, 0.25) is 0 Å². The molecule has 0 spiro atoms. The largest absolute Gasteiger partial charge is 0.487 e. The average molecular weight is 342 g/mol. The van der Waals surface area contributed by atoms with Gasteiger partial charge in [-0.25, -0.2) is 0 Å². The van der Waals surface area contributed by atoms with Gasteiger partial charge in [-0.2, -0.15) is 0 Å². The Hall–Kier alpha value is -2.60. The number of nitrogens with zero attached hydrogens (tertiary/aromatic N) is 2. The lowest BCUT2D eigenvalue weighted by Gasteiger charge is -2.18. The van der Waals surface area contributed by atoms with Crippen LogP contribution in [0, 0.1) is 6.92 Å². The van der Waals surface area contributed by atoms with Gasteiger partial charge in [0.25, 0.3) is 5.91 Å². The van der Waals surface area contributed by atoms with Gasteiger partial charge in [0.15, 0.2) is 6.61 Å². The van der Waals surface area contributed by atoms with Gasteiger partial charge in [-0.15, -0.1) is 0 Å². The average Bonchev–Trinajstić information content (AvgIpc) is 3.11. The van der Waals surface area contributed by atoms with Crippen molar-refractivity contribution in [1.82, 2.24) is 9.88 Å². The first-order valence-electron chi connectivity index (χ1n) is 8.34. The SMILES string of the molecule is Cc1ncccc1OC1CCN(C(=O)COc2ccc(CO)cc2)C1. The highest BCUT2D eigenvalue weighted by atomic mass is 16.5. The predicted molar refractivity (Wildman–Crippen MR) is 92.4 cm³/mol. The van der Waals surface area contributed by atoms with E-state index in [2.05, 4.69) is 4.98 Å². The van der Waals surface area contributed by atoms with E-state index in [1.807, 2.05) is 19.1 Å². The summed E-state index contributed by atoms with van der Waals surface area (Å²) < 4.78 is 11.5. The van der Waals surface area contributed by atoms with Gasteiger partial charge in [0.2, 0.25) is 0 Å². The summed E-state index contributed by atoms with van der Waals surface area (Å²) in [6.07, 6.45) is 2.51. The Bertz CT molecular complexity index is 718. The topological polar surface area (TPSA) is 71.9 Å². The standard InChI is InChI=1S/C19H22N2O4/c1-14-18(3-2-9-20-14)25-17-8-10-21(11-17)19(23)13-24-16-6-4-15(12-22)5-7-16/h2-7,9,17,22H,8,10-13H2,1H3. The fourth-order valence-corrected chi connectivity index (χ4v) is 2.75. The highest BCUT2D eigenvalue weighted by Gasteiger charge is 2.28. The molecule has 0 aliphatic carbocycles. The number of amides is 1. The first kappa shape index (κ1) is 17.2. The zero-order chi connectivity index (χ0) is 17.6. The van der Waals surface area contributed by atoms with Crippen molar-refractivity contribution >= 4 is 5.91 Å². The van der Waals surface area contributed by atoms with Crippen molar-refractivity contribution in [3.05, 3.63) is 53.9 Å². The minimum atomic E-state index is -0.0553. The number of likely N-dealkylation sites (tertiary alicyclic amines) is 1. The first-order chi connectivity index (χ1) is 12.2. The second-order valence-electron chi connectivity index (χ2n) is 6.05. The van der Waals surface area contributed by atoms with Gasteiger partial charge in [-0.3, -0.25) is 9.78 Å². The fraction of sp³-hybridized carbons (Fsp3) is 0.368. The Kier molecular flexibility index (Phi) is 5.50. The summed E-state index contributed by atoms with van der Waals surface area (Å²) >= 11 is 0. The smallest absolute Gasteiger partial charge is 0.260 e. The molecule has 2 heterocycles. The molecule has 1 aromatic heterocycles. The summed E-state index contributed by atoms with van der Waals surface area (Å²) in [6, 6.07) is 10.8. The van der Waals surface area contributed by atoms with Crippen LogP contribution in [0.15, 0.2) is 42.6 Å². The molecular formula is C19H22N2O4. The first-order valence-corrected chi connectivity index (χ1v) is 8.34.